The summed E-state index contributed by atoms with van der Waals surface area (Å²) < 4.78 is 0. The van der Waals surface area contributed by atoms with Crippen LogP contribution in [-0.2, 0) is 4.79 Å². The van der Waals surface area contributed by atoms with Crippen molar-refractivity contribution >= 4 is 5.91 Å². The van der Waals surface area contributed by atoms with Gasteiger partial charge in [-0.25, -0.2) is 0 Å². The predicted octanol–water partition coefficient (Wildman–Crippen LogP) is 0.678. The van der Waals surface area contributed by atoms with Gasteiger partial charge in [-0.05, 0) is 25.8 Å². The first kappa shape index (κ1) is 10.3. The largest absolute Gasteiger partial charge is 0.355 e. The number of likely N-dealkylation sites (N-methyl/N-ethyl adjacent to an activating group) is 1. The van der Waals surface area contributed by atoms with Gasteiger partial charge < -0.3 is 10.6 Å². The molecule has 0 saturated heterocycles. The van der Waals surface area contributed by atoms with E-state index in [1.165, 1.54) is 0 Å². The van der Waals surface area contributed by atoms with Crippen molar-refractivity contribution in [1.29, 1.82) is 0 Å². The third kappa shape index (κ3) is 4.08. The highest BCUT2D eigenvalue weighted by molar-refractivity contribution is 5.76. The van der Waals surface area contributed by atoms with Crippen LogP contribution in [0.5, 0.6) is 0 Å². The first-order chi connectivity index (χ1) is 6.33. The molecular weight excluding hydrogens is 164 g/mol. The lowest BCUT2D eigenvalue weighted by Crippen LogP contribution is -2.31. The van der Waals surface area contributed by atoms with E-state index in [9.17, 15) is 4.79 Å². The van der Waals surface area contributed by atoms with Crippen LogP contribution in [0, 0.1) is 5.92 Å². The van der Waals surface area contributed by atoms with Crippen molar-refractivity contribution in [2.24, 2.45) is 5.92 Å². The van der Waals surface area contributed by atoms with Crippen LogP contribution in [0.3, 0.4) is 0 Å². The molecule has 0 bridgehead atoms. The molecule has 2 N–H and O–H groups in total. The molecule has 1 rings (SSSR count). The lowest BCUT2D eigenvalue weighted by Gasteiger charge is -2.07. The van der Waals surface area contributed by atoms with E-state index in [4.69, 9.17) is 0 Å². The van der Waals surface area contributed by atoms with Crippen LogP contribution in [0.1, 0.15) is 19.3 Å². The van der Waals surface area contributed by atoms with E-state index in [-0.39, 0.29) is 5.91 Å². The molecule has 1 amide bonds. The van der Waals surface area contributed by atoms with E-state index < -0.39 is 0 Å². The van der Waals surface area contributed by atoms with Crippen molar-refractivity contribution in [3.05, 3.63) is 12.2 Å². The molecule has 1 unspecified atom stereocenters. The molecule has 74 valence electrons. The fourth-order valence-corrected chi connectivity index (χ4v) is 1.50. The summed E-state index contributed by atoms with van der Waals surface area (Å²) >= 11 is 0. The molecule has 3 heteroatoms. The lowest BCUT2D eigenvalue weighted by molar-refractivity contribution is -0.121. The number of carbonyl (C=O) groups is 1. The van der Waals surface area contributed by atoms with Crippen LogP contribution in [0.4, 0.5) is 0 Å². The molecule has 3 nitrogen and oxygen atoms in total. The second-order valence-corrected chi connectivity index (χ2v) is 3.42. The van der Waals surface area contributed by atoms with E-state index in [0.717, 1.165) is 25.9 Å². The Morgan fingerprint density at radius 3 is 3.00 bits per heavy atom. The zero-order valence-corrected chi connectivity index (χ0v) is 8.18. The van der Waals surface area contributed by atoms with Crippen LogP contribution in [0.25, 0.3) is 0 Å². The molecule has 0 aromatic rings. The van der Waals surface area contributed by atoms with Gasteiger partial charge in [0, 0.05) is 19.5 Å². The summed E-state index contributed by atoms with van der Waals surface area (Å²) in [5.74, 6) is 0.654. The molecule has 0 spiro atoms. The van der Waals surface area contributed by atoms with Gasteiger partial charge in [-0.15, -0.1) is 0 Å². The Morgan fingerprint density at radius 2 is 2.38 bits per heavy atom. The minimum absolute atomic E-state index is 0.173. The van der Waals surface area contributed by atoms with Gasteiger partial charge in [0.25, 0.3) is 0 Å². The molecule has 1 aliphatic carbocycles. The van der Waals surface area contributed by atoms with Crippen LogP contribution < -0.4 is 10.6 Å². The average molecular weight is 182 g/mol. The minimum atomic E-state index is 0.173. The third-order valence-electron chi connectivity index (χ3n) is 2.26. The number of carbonyl (C=O) groups excluding carboxylic acids is 1. The third-order valence-corrected chi connectivity index (χ3v) is 2.26. The summed E-state index contributed by atoms with van der Waals surface area (Å²) in [6, 6.07) is 0. The van der Waals surface area contributed by atoms with Crippen molar-refractivity contribution in [3.63, 3.8) is 0 Å². The molecule has 0 radical (unpaired) electrons. The zero-order chi connectivity index (χ0) is 9.52. The second-order valence-electron chi connectivity index (χ2n) is 3.42. The van der Waals surface area contributed by atoms with Crippen molar-refractivity contribution in [1.82, 2.24) is 10.6 Å². The molecular formula is C10H18N2O. The lowest BCUT2D eigenvalue weighted by atomic mass is 10.1. The van der Waals surface area contributed by atoms with E-state index in [2.05, 4.69) is 22.8 Å². The highest BCUT2D eigenvalue weighted by Crippen LogP contribution is 2.19. The van der Waals surface area contributed by atoms with E-state index in [1.54, 1.807) is 0 Å². The van der Waals surface area contributed by atoms with Gasteiger partial charge in [0.2, 0.25) is 5.91 Å². The summed E-state index contributed by atoms with van der Waals surface area (Å²) in [5.41, 5.74) is 0. The van der Waals surface area contributed by atoms with E-state index in [1.807, 2.05) is 7.05 Å². The van der Waals surface area contributed by atoms with Gasteiger partial charge in [0.1, 0.15) is 0 Å². The number of nitrogens with one attached hydrogen (secondary N) is 2. The maximum Gasteiger partial charge on any atom is 0.220 e. The first-order valence-corrected chi connectivity index (χ1v) is 4.91. The Labute approximate surface area is 79.6 Å². The van der Waals surface area contributed by atoms with Gasteiger partial charge in [0.05, 0.1) is 0 Å². The van der Waals surface area contributed by atoms with Gasteiger partial charge in [-0.2, -0.15) is 0 Å². The minimum Gasteiger partial charge on any atom is -0.355 e. The molecule has 0 aliphatic heterocycles. The SMILES string of the molecule is CNCCNC(=O)CC1C=CCC1. The molecule has 0 aromatic carbocycles. The molecule has 0 fully saturated rings. The maximum atomic E-state index is 11.3. The molecule has 1 aliphatic rings. The van der Waals surface area contributed by atoms with Gasteiger partial charge in [-0.3, -0.25) is 4.79 Å². The molecule has 13 heavy (non-hydrogen) atoms. The fraction of sp³-hybridized carbons (Fsp3) is 0.700. The van der Waals surface area contributed by atoms with Gasteiger partial charge in [0.15, 0.2) is 0 Å². The number of allylic oxidation sites excluding steroid dienone is 2. The van der Waals surface area contributed by atoms with Crippen LogP contribution >= 0.6 is 0 Å². The standard InChI is InChI=1S/C10H18N2O/c1-11-6-7-12-10(13)8-9-4-2-3-5-9/h2,4,9,11H,3,5-8H2,1H3,(H,12,13). The van der Waals surface area contributed by atoms with Crippen molar-refractivity contribution in [3.8, 4) is 0 Å². The van der Waals surface area contributed by atoms with Crippen LogP contribution in [0.15, 0.2) is 12.2 Å². The summed E-state index contributed by atoms with van der Waals surface area (Å²) in [7, 11) is 1.88. The Kier molecular flexibility index (Phi) is 4.54. The van der Waals surface area contributed by atoms with Crippen molar-refractivity contribution in [2.45, 2.75) is 19.3 Å². The smallest absolute Gasteiger partial charge is 0.220 e. The second kappa shape index (κ2) is 5.75. The summed E-state index contributed by atoms with van der Waals surface area (Å²) in [6.45, 7) is 1.57. The molecule has 1 atom stereocenters. The van der Waals surface area contributed by atoms with E-state index >= 15 is 0 Å². The number of hydrogen-bond acceptors (Lipinski definition) is 2. The van der Waals surface area contributed by atoms with Gasteiger partial charge in [-0.1, -0.05) is 12.2 Å². The summed E-state index contributed by atoms with van der Waals surface area (Å²) in [6.07, 6.45) is 7.23. The number of hydrogen-bond donors (Lipinski definition) is 2. The monoisotopic (exact) mass is 182 g/mol. The predicted molar refractivity (Wildman–Crippen MR) is 53.4 cm³/mol. The van der Waals surface area contributed by atoms with Gasteiger partial charge >= 0.3 is 0 Å². The molecule has 0 heterocycles. The van der Waals surface area contributed by atoms with Crippen LogP contribution in [-0.4, -0.2) is 26.0 Å². The molecule has 0 aromatic heterocycles. The number of amides is 1. The Hall–Kier alpha value is -0.830. The zero-order valence-electron chi connectivity index (χ0n) is 8.18. The highest BCUT2D eigenvalue weighted by Gasteiger charge is 2.12. The first-order valence-electron chi connectivity index (χ1n) is 4.91. The number of rotatable bonds is 5. The molecule has 0 saturated carbocycles. The summed E-state index contributed by atoms with van der Waals surface area (Å²) in [4.78, 5) is 11.3. The fourth-order valence-electron chi connectivity index (χ4n) is 1.50. The maximum absolute atomic E-state index is 11.3. The van der Waals surface area contributed by atoms with E-state index in [0.29, 0.717) is 12.3 Å². The Morgan fingerprint density at radius 1 is 1.54 bits per heavy atom. The normalized spacial score (nSPS) is 20.5. The summed E-state index contributed by atoms with van der Waals surface area (Å²) in [5, 5.41) is 5.86. The topological polar surface area (TPSA) is 41.1 Å². The highest BCUT2D eigenvalue weighted by atomic mass is 16.1. The quantitative estimate of drug-likeness (QED) is 0.485. The van der Waals surface area contributed by atoms with Crippen molar-refractivity contribution in [2.75, 3.05) is 20.1 Å². The van der Waals surface area contributed by atoms with Crippen molar-refractivity contribution < 1.29 is 4.79 Å². The van der Waals surface area contributed by atoms with Crippen LogP contribution in [0.2, 0.25) is 0 Å². The average Bonchev–Trinajstić information content (AvgIpc) is 2.57. The Bertz CT molecular complexity index is 189. The Balaban J connectivity index is 2.06.